The van der Waals surface area contributed by atoms with Crippen LogP contribution in [0.5, 0.6) is 0 Å². The van der Waals surface area contributed by atoms with Gasteiger partial charge in [0.2, 0.25) is 5.91 Å². The summed E-state index contributed by atoms with van der Waals surface area (Å²) in [4.78, 5) is 15.9. The molecule has 5 heteroatoms. The van der Waals surface area contributed by atoms with Gasteiger partial charge >= 0.3 is 0 Å². The van der Waals surface area contributed by atoms with E-state index in [1.54, 1.807) is 0 Å². The fourth-order valence-corrected chi connectivity index (χ4v) is 2.03. The van der Waals surface area contributed by atoms with Gasteiger partial charge in [-0.25, -0.2) is 0 Å². The highest BCUT2D eigenvalue weighted by Gasteiger charge is 2.22. The number of likely N-dealkylation sites (N-methyl/N-ethyl adjacent to an activating group) is 2. The molecule has 0 aromatic rings. The Bertz CT molecular complexity index is 203. The van der Waals surface area contributed by atoms with E-state index in [1.165, 1.54) is 0 Å². The molecule has 0 aromatic heterocycles. The van der Waals surface area contributed by atoms with Crippen LogP contribution in [-0.2, 0) is 4.79 Å². The van der Waals surface area contributed by atoms with E-state index >= 15 is 0 Å². The predicted molar refractivity (Wildman–Crippen MR) is 69.1 cm³/mol. The zero-order valence-electron chi connectivity index (χ0n) is 10.5. The highest BCUT2D eigenvalue weighted by Crippen LogP contribution is 2.06. The van der Waals surface area contributed by atoms with Crippen molar-refractivity contribution in [3.63, 3.8) is 0 Å². The topological polar surface area (TPSA) is 35.6 Å². The third kappa shape index (κ3) is 4.28. The van der Waals surface area contributed by atoms with Gasteiger partial charge in [-0.2, -0.15) is 0 Å². The minimum atomic E-state index is 0. The first kappa shape index (κ1) is 15.7. The van der Waals surface area contributed by atoms with Crippen molar-refractivity contribution in [3.05, 3.63) is 0 Å². The average molecular weight is 250 g/mol. The Kier molecular flexibility index (Phi) is 7.72. The number of hydrogen-bond acceptors (Lipinski definition) is 3. The molecule has 0 aromatic carbocycles. The molecule has 1 rings (SSSR count). The zero-order valence-corrected chi connectivity index (χ0v) is 11.3. The fourth-order valence-electron chi connectivity index (χ4n) is 2.03. The molecule has 1 saturated heterocycles. The summed E-state index contributed by atoms with van der Waals surface area (Å²) < 4.78 is 0. The summed E-state index contributed by atoms with van der Waals surface area (Å²) in [5.41, 5.74) is 0. The van der Waals surface area contributed by atoms with E-state index in [0.29, 0.717) is 12.6 Å². The summed E-state index contributed by atoms with van der Waals surface area (Å²) >= 11 is 0. The van der Waals surface area contributed by atoms with Crippen LogP contribution in [-0.4, -0.2) is 61.5 Å². The third-order valence-electron chi connectivity index (χ3n) is 3.16. The van der Waals surface area contributed by atoms with Crippen molar-refractivity contribution in [2.24, 2.45) is 0 Å². The Morgan fingerprint density at radius 2 is 2.00 bits per heavy atom. The Balaban J connectivity index is 0.00000225. The van der Waals surface area contributed by atoms with Gasteiger partial charge in [-0.3, -0.25) is 9.69 Å². The van der Waals surface area contributed by atoms with Gasteiger partial charge in [-0.1, -0.05) is 0 Å². The molecule has 0 bridgehead atoms. The number of carbonyl (C=O) groups excluding carboxylic acids is 1. The lowest BCUT2D eigenvalue weighted by molar-refractivity contribution is -0.132. The molecule has 1 fully saturated rings. The predicted octanol–water partition coefficient (Wildman–Crippen LogP) is 0.570. The smallest absolute Gasteiger partial charge is 0.236 e. The fraction of sp³-hybridized carbons (Fsp3) is 0.909. The summed E-state index contributed by atoms with van der Waals surface area (Å²) in [5.74, 6) is 0.245. The Labute approximate surface area is 105 Å². The number of amides is 1. The number of halogens is 1. The van der Waals surface area contributed by atoms with Crippen LogP contribution in [0, 0.1) is 0 Å². The van der Waals surface area contributed by atoms with Gasteiger partial charge in [0.15, 0.2) is 0 Å². The summed E-state index contributed by atoms with van der Waals surface area (Å²) in [6.07, 6.45) is 1.15. The van der Waals surface area contributed by atoms with Crippen LogP contribution in [0.4, 0.5) is 0 Å². The van der Waals surface area contributed by atoms with E-state index in [4.69, 9.17) is 0 Å². The second-order valence-electron chi connectivity index (χ2n) is 4.13. The normalized spacial score (nSPS) is 19.6. The van der Waals surface area contributed by atoms with Crippen molar-refractivity contribution >= 4 is 18.3 Å². The van der Waals surface area contributed by atoms with E-state index in [0.717, 1.165) is 32.6 Å². The molecule has 4 nitrogen and oxygen atoms in total. The summed E-state index contributed by atoms with van der Waals surface area (Å²) in [5, 5.41) is 3.32. The van der Waals surface area contributed by atoms with Crippen LogP contribution >= 0.6 is 12.4 Å². The second-order valence-corrected chi connectivity index (χ2v) is 4.13. The Hall–Kier alpha value is -0.320. The lowest BCUT2D eigenvalue weighted by atomic mass is 10.2. The molecule has 96 valence electrons. The SMILES string of the molecule is CCN(CC)C(=O)CN(C)C1CCNC1.Cl. The van der Waals surface area contributed by atoms with Crippen LogP contribution in [0.3, 0.4) is 0 Å². The maximum atomic E-state index is 11.8. The van der Waals surface area contributed by atoms with Crippen molar-refractivity contribution in [3.8, 4) is 0 Å². The number of hydrogen-bond donors (Lipinski definition) is 1. The van der Waals surface area contributed by atoms with Crippen LogP contribution in [0.25, 0.3) is 0 Å². The lowest BCUT2D eigenvalue weighted by Crippen LogP contribution is -2.43. The highest BCUT2D eigenvalue weighted by molar-refractivity contribution is 5.85. The first-order chi connectivity index (χ1) is 7.19. The largest absolute Gasteiger partial charge is 0.342 e. The Morgan fingerprint density at radius 3 is 2.44 bits per heavy atom. The number of nitrogens with zero attached hydrogens (tertiary/aromatic N) is 2. The van der Waals surface area contributed by atoms with Gasteiger partial charge < -0.3 is 10.2 Å². The maximum Gasteiger partial charge on any atom is 0.236 e. The molecule has 1 N–H and O–H groups in total. The first-order valence-electron chi connectivity index (χ1n) is 5.87. The minimum Gasteiger partial charge on any atom is -0.342 e. The summed E-state index contributed by atoms with van der Waals surface area (Å²) in [6.45, 7) is 8.32. The number of rotatable bonds is 5. The van der Waals surface area contributed by atoms with Gasteiger partial charge in [0.05, 0.1) is 6.54 Å². The Morgan fingerprint density at radius 1 is 1.38 bits per heavy atom. The van der Waals surface area contributed by atoms with E-state index in [9.17, 15) is 4.79 Å². The molecular formula is C11H24ClN3O. The second kappa shape index (κ2) is 7.87. The molecule has 1 aliphatic heterocycles. The molecule has 1 atom stereocenters. The monoisotopic (exact) mass is 249 g/mol. The van der Waals surface area contributed by atoms with Gasteiger partial charge in [-0.05, 0) is 33.9 Å². The number of carbonyl (C=O) groups is 1. The molecule has 0 saturated carbocycles. The molecule has 0 spiro atoms. The van der Waals surface area contributed by atoms with Crippen LogP contribution in [0.1, 0.15) is 20.3 Å². The van der Waals surface area contributed by atoms with Crippen molar-refractivity contribution in [2.75, 3.05) is 39.8 Å². The van der Waals surface area contributed by atoms with E-state index in [1.807, 2.05) is 25.8 Å². The maximum absolute atomic E-state index is 11.8. The minimum absolute atomic E-state index is 0. The summed E-state index contributed by atoms with van der Waals surface area (Å²) in [7, 11) is 2.04. The van der Waals surface area contributed by atoms with E-state index < -0.39 is 0 Å². The average Bonchev–Trinajstić information content (AvgIpc) is 2.72. The lowest BCUT2D eigenvalue weighted by Gasteiger charge is -2.26. The van der Waals surface area contributed by atoms with Crippen LogP contribution < -0.4 is 5.32 Å². The first-order valence-corrected chi connectivity index (χ1v) is 5.87. The number of nitrogens with one attached hydrogen (secondary N) is 1. The van der Waals surface area contributed by atoms with Gasteiger partial charge in [0, 0.05) is 25.7 Å². The van der Waals surface area contributed by atoms with Crippen molar-refractivity contribution in [1.29, 1.82) is 0 Å². The van der Waals surface area contributed by atoms with Crippen molar-refractivity contribution in [1.82, 2.24) is 15.1 Å². The molecule has 1 unspecified atom stereocenters. The molecule has 1 heterocycles. The van der Waals surface area contributed by atoms with Crippen molar-refractivity contribution in [2.45, 2.75) is 26.3 Å². The van der Waals surface area contributed by atoms with Crippen LogP contribution in [0.15, 0.2) is 0 Å². The van der Waals surface area contributed by atoms with Gasteiger partial charge in [0.25, 0.3) is 0 Å². The molecule has 0 aliphatic carbocycles. The molecule has 1 amide bonds. The standard InChI is InChI=1S/C11H23N3O.ClH/c1-4-14(5-2)11(15)9-13(3)10-6-7-12-8-10;/h10,12H,4-9H2,1-3H3;1H. The molecule has 1 aliphatic rings. The van der Waals surface area contributed by atoms with Gasteiger partial charge in [-0.15, -0.1) is 12.4 Å². The quantitative estimate of drug-likeness (QED) is 0.774. The van der Waals surface area contributed by atoms with E-state index in [-0.39, 0.29) is 18.3 Å². The summed E-state index contributed by atoms with van der Waals surface area (Å²) in [6, 6.07) is 0.532. The van der Waals surface area contributed by atoms with Gasteiger partial charge in [0.1, 0.15) is 0 Å². The molecule has 16 heavy (non-hydrogen) atoms. The van der Waals surface area contributed by atoms with E-state index in [2.05, 4.69) is 10.2 Å². The van der Waals surface area contributed by atoms with Crippen molar-refractivity contribution < 1.29 is 4.79 Å². The molecule has 0 radical (unpaired) electrons. The zero-order chi connectivity index (χ0) is 11.3. The highest BCUT2D eigenvalue weighted by atomic mass is 35.5. The van der Waals surface area contributed by atoms with Crippen LogP contribution in [0.2, 0.25) is 0 Å². The molecular weight excluding hydrogens is 226 g/mol. The third-order valence-corrected chi connectivity index (χ3v) is 3.16.